The van der Waals surface area contributed by atoms with Crippen LogP contribution in [0.25, 0.3) is 0 Å². The molecule has 1 aromatic rings. The summed E-state index contributed by atoms with van der Waals surface area (Å²) in [7, 11) is 1.71. The van der Waals surface area contributed by atoms with Gasteiger partial charge in [-0.1, -0.05) is 12.1 Å². The average molecular weight is 253 g/mol. The number of benzene rings is 1. The molecule has 0 saturated heterocycles. The highest BCUT2D eigenvalue weighted by molar-refractivity contribution is 7.99. The molecule has 0 aromatic heterocycles. The van der Waals surface area contributed by atoms with Crippen molar-refractivity contribution >= 4 is 17.7 Å². The third kappa shape index (κ3) is 4.79. The van der Waals surface area contributed by atoms with Gasteiger partial charge in [0.15, 0.2) is 0 Å². The summed E-state index contributed by atoms with van der Waals surface area (Å²) in [5, 5.41) is 0. The van der Waals surface area contributed by atoms with Gasteiger partial charge >= 0.3 is 0 Å². The van der Waals surface area contributed by atoms with Crippen molar-refractivity contribution in [2.75, 3.05) is 19.5 Å². The number of methoxy groups -OCH3 is 1. The van der Waals surface area contributed by atoms with Crippen LogP contribution in [0.15, 0.2) is 29.2 Å². The minimum atomic E-state index is -0.287. The molecular formula is C13H19NO2S. The molecule has 1 aromatic carbocycles. The van der Waals surface area contributed by atoms with Crippen molar-refractivity contribution < 1.29 is 9.53 Å². The lowest BCUT2D eigenvalue weighted by atomic mass is 10.0. The van der Waals surface area contributed by atoms with Gasteiger partial charge in [-0.15, -0.1) is 11.8 Å². The van der Waals surface area contributed by atoms with Crippen molar-refractivity contribution in [3.05, 3.63) is 29.8 Å². The third-order valence-corrected chi connectivity index (χ3v) is 3.67. The van der Waals surface area contributed by atoms with Crippen LogP contribution in [0.4, 0.5) is 0 Å². The van der Waals surface area contributed by atoms with Crippen LogP contribution in [0.5, 0.6) is 0 Å². The van der Waals surface area contributed by atoms with E-state index >= 15 is 0 Å². The zero-order valence-corrected chi connectivity index (χ0v) is 11.1. The molecule has 1 amide bonds. The normalized spacial score (nSPS) is 12.4. The maximum absolute atomic E-state index is 11.0. The number of ether oxygens (including phenoxy) is 1. The van der Waals surface area contributed by atoms with Crippen molar-refractivity contribution in [1.29, 1.82) is 0 Å². The topological polar surface area (TPSA) is 52.3 Å². The summed E-state index contributed by atoms with van der Waals surface area (Å²) in [4.78, 5) is 12.2. The maximum atomic E-state index is 11.0. The lowest BCUT2D eigenvalue weighted by molar-refractivity contribution is -0.119. The summed E-state index contributed by atoms with van der Waals surface area (Å²) in [6.45, 7) is 2.62. The number of primary amides is 1. The molecule has 0 fully saturated rings. The molecule has 17 heavy (non-hydrogen) atoms. The Bertz CT molecular complexity index is 351. The van der Waals surface area contributed by atoms with E-state index in [9.17, 15) is 4.79 Å². The SMILES string of the molecule is COCCCSc1ccc(C(C)C(N)=O)cc1. The number of thioether (sulfide) groups is 1. The van der Waals surface area contributed by atoms with E-state index in [1.807, 2.05) is 31.2 Å². The van der Waals surface area contributed by atoms with Gasteiger partial charge in [-0.25, -0.2) is 0 Å². The summed E-state index contributed by atoms with van der Waals surface area (Å²) < 4.78 is 4.99. The highest BCUT2D eigenvalue weighted by Crippen LogP contribution is 2.22. The number of nitrogens with two attached hydrogens (primary N) is 1. The van der Waals surface area contributed by atoms with Crippen LogP contribution in [-0.4, -0.2) is 25.4 Å². The number of carbonyl (C=O) groups is 1. The molecule has 3 nitrogen and oxygen atoms in total. The van der Waals surface area contributed by atoms with Crippen LogP contribution in [0.3, 0.4) is 0 Å². The Hall–Kier alpha value is -1.00. The van der Waals surface area contributed by atoms with Gasteiger partial charge in [-0.05, 0) is 31.0 Å². The molecule has 1 atom stereocenters. The van der Waals surface area contributed by atoms with Crippen molar-refractivity contribution in [3.8, 4) is 0 Å². The molecule has 0 radical (unpaired) electrons. The molecular weight excluding hydrogens is 234 g/mol. The van der Waals surface area contributed by atoms with Gasteiger partial charge < -0.3 is 10.5 Å². The van der Waals surface area contributed by atoms with E-state index in [0.29, 0.717) is 0 Å². The van der Waals surface area contributed by atoms with Crippen molar-refractivity contribution in [2.24, 2.45) is 5.73 Å². The van der Waals surface area contributed by atoms with E-state index < -0.39 is 0 Å². The first-order valence-corrected chi connectivity index (χ1v) is 6.64. The highest BCUT2D eigenvalue weighted by atomic mass is 32.2. The minimum Gasteiger partial charge on any atom is -0.385 e. The van der Waals surface area contributed by atoms with Crippen LogP contribution >= 0.6 is 11.8 Å². The minimum absolute atomic E-state index is 0.220. The zero-order valence-electron chi connectivity index (χ0n) is 10.3. The first-order chi connectivity index (χ1) is 8.15. The molecule has 0 bridgehead atoms. The zero-order chi connectivity index (χ0) is 12.7. The second-order valence-electron chi connectivity index (χ2n) is 3.89. The molecule has 0 aliphatic carbocycles. The van der Waals surface area contributed by atoms with E-state index in [-0.39, 0.29) is 11.8 Å². The molecule has 1 unspecified atom stereocenters. The molecule has 2 N–H and O–H groups in total. The number of rotatable bonds is 7. The lowest BCUT2D eigenvalue weighted by Crippen LogP contribution is -2.18. The Morgan fingerprint density at radius 2 is 2.06 bits per heavy atom. The molecule has 0 aliphatic rings. The van der Waals surface area contributed by atoms with E-state index in [0.717, 1.165) is 24.3 Å². The monoisotopic (exact) mass is 253 g/mol. The van der Waals surface area contributed by atoms with Gasteiger partial charge in [0, 0.05) is 24.4 Å². The Kier molecular flexibility index (Phi) is 6.08. The van der Waals surface area contributed by atoms with Gasteiger partial charge in [0.05, 0.1) is 5.92 Å². The number of hydrogen-bond acceptors (Lipinski definition) is 3. The second kappa shape index (κ2) is 7.35. The third-order valence-electron chi connectivity index (χ3n) is 2.57. The summed E-state index contributed by atoms with van der Waals surface area (Å²) in [5.41, 5.74) is 6.23. The van der Waals surface area contributed by atoms with E-state index in [4.69, 9.17) is 10.5 Å². The Balaban J connectivity index is 2.47. The first-order valence-electron chi connectivity index (χ1n) is 5.66. The van der Waals surface area contributed by atoms with Crippen molar-refractivity contribution in [2.45, 2.75) is 24.2 Å². The molecule has 0 aliphatic heterocycles. The second-order valence-corrected chi connectivity index (χ2v) is 5.06. The van der Waals surface area contributed by atoms with E-state index in [2.05, 4.69) is 0 Å². The molecule has 4 heteroatoms. The smallest absolute Gasteiger partial charge is 0.224 e. The molecule has 1 rings (SSSR count). The molecule has 0 spiro atoms. The van der Waals surface area contributed by atoms with Crippen molar-refractivity contribution in [1.82, 2.24) is 0 Å². The Labute approximate surface area is 107 Å². The predicted octanol–water partition coefficient (Wildman–Crippen LogP) is 2.40. The van der Waals surface area contributed by atoms with Crippen LogP contribution < -0.4 is 5.73 Å². The van der Waals surface area contributed by atoms with Gasteiger partial charge in [0.2, 0.25) is 5.91 Å². The average Bonchev–Trinajstić information content (AvgIpc) is 2.34. The molecule has 94 valence electrons. The van der Waals surface area contributed by atoms with Crippen LogP contribution in [-0.2, 0) is 9.53 Å². The van der Waals surface area contributed by atoms with Crippen LogP contribution in [0.1, 0.15) is 24.8 Å². The van der Waals surface area contributed by atoms with Crippen molar-refractivity contribution in [3.63, 3.8) is 0 Å². The maximum Gasteiger partial charge on any atom is 0.224 e. The summed E-state index contributed by atoms with van der Waals surface area (Å²) in [6.07, 6.45) is 1.04. The predicted molar refractivity (Wildman–Crippen MR) is 71.3 cm³/mol. The largest absolute Gasteiger partial charge is 0.385 e. The summed E-state index contributed by atoms with van der Waals surface area (Å²) in [5.74, 6) is 0.534. The fourth-order valence-electron chi connectivity index (χ4n) is 1.41. The quantitative estimate of drug-likeness (QED) is 0.599. The number of hydrogen-bond donors (Lipinski definition) is 1. The highest BCUT2D eigenvalue weighted by Gasteiger charge is 2.10. The van der Waals surface area contributed by atoms with Crippen LogP contribution in [0, 0.1) is 0 Å². The van der Waals surface area contributed by atoms with Gasteiger partial charge in [0.1, 0.15) is 0 Å². The lowest BCUT2D eigenvalue weighted by Gasteiger charge is -2.08. The van der Waals surface area contributed by atoms with Gasteiger partial charge in [-0.3, -0.25) is 4.79 Å². The summed E-state index contributed by atoms with van der Waals surface area (Å²) >= 11 is 1.79. The van der Waals surface area contributed by atoms with E-state index in [1.54, 1.807) is 18.9 Å². The fraction of sp³-hybridized carbons (Fsp3) is 0.462. The number of carbonyl (C=O) groups excluding carboxylic acids is 1. The van der Waals surface area contributed by atoms with Gasteiger partial charge in [0.25, 0.3) is 0 Å². The molecule has 0 saturated carbocycles. The molecule has 0 heterocycles. The Morgan fingerprint density at radius 1 is 1.41 bits per heavy atom. The number of amides is 1. The first kappa shape index (κ1) is 14.1. The van der Waals surface area contributed by atoms with E-state index in [1.165, 1.54) is 4.90 Å². The van der Waals surface area contributed by atoms with Gasteiger partial charge in [-0.2, -0.15) is 0 Å². The van der Waals surface area contributed by atoms with Crippen LogP contribution in [0.2, 0.25) is 0 Å². The Morgan fingerprint density at radius 3 is 2.59 bits per heavy atom. The standard InChI is InChI=1S/C13H19NO2S/c1-10(13(14)15)11-4-6-12(7-5-11)17-9-3-8-16-2/h4-7,10H,3,8-9H2,1-2H3,(H2,14,15). The fourth-order valence-corrected chi connectivity index (χ4v) is 2.24. The summed E-state index contributed by atoms with van der Waals surface area (Å²) in [6, 6.07) is 8.00.